The zero-order valence-electron chi connectivity index (χ0n) is 9.75. The molecule has 1 aromatic carbocycles. The van der Waals surface area contributed by atoms with Crippen molar-refractivity contribution in [1.82, 2.24) is 0 Å². The van der Waals surface area contributed by atoms with Gasteiger partial charge in [-0.05, 0) is 17.5 Å². The first kappa shape index (κ1) is 12.6. The third kappa shape index (κ3) is 3.03. The molecule has 0 fully saturated rings. The topological polar surface area (TPSA) is 55.1 Å². The highest BCUT2D eigenvalue weighted by atomic mass is 19.1. The second kappa shape index (κ2) is 4.61. The van der Waals surface area contributed by atoms with Crippen LogP contribution in [0, 0.1) is 11.2 Å². The lowest BCUT2D eigenvalue weighted by Crippen LogP contribution is -2.45. The van der Waals surface area contributed by atoms with Gasteiger partial charge in [0.25, 0.3) is 0 Å². The molecule has 0 spiro atoms. The van der Waals surface area contributed by atoms with Crippen LogP contribution in [0.15, 0.2) is 24.3 Å². The molecule has 0 radical (unpaired) electrons. The Morgan fingerprint density at radius 3 is 2.44 bits per heavy atom. The third-order valence-corrected chi connectivity index (χ3v) is 2.35. The quantitative estimate of drug-likeness (QED) is 0.808. The standard InChI is InChI=1S/C12H17FN2O/c1-12(2,3)10(14)11(16)15-9-7-5-4-6-8(9)13/h4-7,10H,14H2,1-3H3,(H,15,16)/t10-/m1/s1. The second-order valence-corrected chi connectivity index (χ2v) is 4.81. The normalized spacial score (nSPS) is 13.3. The van der Waals surface area contributed by atoms with E-state index in [1.807, 2.05) is 20.8 Å². The Kier molecular flexibility index (Phi) is 3.65. The zero-order valence-corrected chi connectivity index (χ0v) is 9.75. The number of para-hydroxylation sites is 1. The summed E-state index contributed by atoms with van der Waals surface area (Å²) >= 11 is 0. The summed E-state index contributed by atoms with van der Waals surface area (Å²) in [5.41, 5.74) is 5.57. The molecule has 0 aliphatic rings. The van der Waals surface area contributed by atoms with Crippen LogP contribution in [0.2, 0.25) is 0 Å². The number of carbonyl (C=O) groups excluding carboxylic acids is 1. The first-order chi connectivity index (χ1) is 7.32. The minimum Gasteiger partial charge on any atom is -0.322 e. The van der Waals surface area contributed by atoms with E-state index in [1.54, 1.807) is 12.1 Å². The van der Waals surface area contributed by atoms with Gasteiger partial charge in [-0.15, -0.1) is 0 Å². The Hall–Kier alpha value is -1.42. The molecular formula is C12H17FN2O. The third-order valence-electron chi connectivity index (χ3n) is 2.35. The number of nitrogens with one attached hydrogen (secondary N) is 1. The molecule has 0 bridgehead atoms. The number of anilines is 1. The average Bonchev–Trinajstić information content (AvgIpc) is 2.19. The van der Waals surface area contributed by atoms with Crippen molar-refractivity contribution < 1.29 is 9.18 Å². The van der Waals surface area contributed by atoms with Crippen LogP contribution in [0.3, 0.4) is 0 Å². The van der Waals surface area contributed by atoms with E-state index >= 15 is 0 Å². The maximum absolute atomic E-state index is 13.3. The van der Waals surface area contributed by atoms with Crippen LogP contribution in [0.5, 0.6) is 0 Å². The minimum atomic E-state index is -0.674. The molecule has 16 heavy (non-hydrogen) atoms. The monoisotopic (exact) mass is 224 g/mol. The molecule has 0 saturated heterocycles. The van der Waals surface area contributed by atoms with Crippen LogP contribution < -0.4 is 11.1 Å². The van der Waals surface area contributed by atoms with Crippen LogP contribution in [0.4, 0.5) is 10.1 Å². The number of amides is 1. The predicted molar refractivity (Wildman–Crippen MR) is 62.5 cm³/mol. The number of halogens is 1. The lowest BCUT2D eigenvalue weighted by molar-refractivity contribution is -0.119. The summed E-state index contributed by atoms with van der Waals surface area (Å²) in [5.74, 6) is -0.838. The lowest BCUT2D eigenvalue weighted by Gasteiger charge is -2.25. The van der Waals surface area contributed by atoms with Crippen molar-refractivity contribution in [3.8, 4) is 0 Å². The molecule has 1 aromatic rings. The van der Waals surface area contributed by atoms with Crippen molar-refractivity contribution in [2.75, 3.05) is 5.32 Å². The molecule has 1 amide bonds. The van der Waals surface area contributed by atoms with Crippen LogP contribution >= 0.6 is 0 Å². The molecule has 1 rings (SSSR count). The first-order valence-corrected chi connectivity index (χ1v) is 5.13. The molecule has 0 aromatic heterocycles. The SMILES string of the molecule is CC(C)(C)[C@H](N)C(=O)Nc1ccccc1F. The van der Waals surface area contributed by atoms with Crippen molar-refractivity contribution in [3.05, 3.63) is 30.1 Å². The highest BCUT2D eigenvalue weighted by Gasteiger charge is 2.27. The fourth-order valence-corrected chi connectivity index (χ4v) is 1.17. The molecule has 4 heteroatoms. The van der Waals surface area contributed by atoms with Crippen LogP contribution in [0.25, 0.3) is 0 Å². The lowest BCUT2D eigenvalue weighted by atomic mass is 9.87. The van der Waals surface area contributed by atoms with Gasteiger partial charge in [0, 0.05) is 0 Å². The van der Waals surface area contributed by atoms with E-state index in [-0.39, 0.29) is 17.0 Å². The van der Waals surface area contributed by atoms with Gasteiger partial charge in [-0.3, -0.25) is 4.79 Å². The summed E-state index contributed by atoms with van der Waals surface area (Å²) < 4.78 is 13.3. The largest absolute Gasteiger partial charge is 0.322 e. The summed E-state index contributed by atoms with van der Waals surface area (Å²) in [6.07, 6.45) is 0. The van der Waals surface area contributed by atoms with Crippen molar-refractivity contribution in [3.63, 3.8) is 0 Å². The molecule has 3 N–H and O–H groups in total. The Morgan fingerprint density at radius 1 is 1.38 bits per heavy atom. The summed E-state index contributed by atoms with van der Waals surface area (Å²) in [6, 6.07) is 5.34. The van der Waals surface area contributed by atoms with E-state index in [9.17, 15) is 9.18 Å². The van der Waals surface area contributed by atoms with Crippen molar-refractivity contribution in [1.29, 1.82) is 0 Å². The second-order valence-electron chi connectivity index (χ2n) is 4.81. The van der Waals surface area contributed by atoms with E-state index in [1.165, 1.54) is 12.1 Å². The maximum atomic E-state index is 13.3. The van der Waals surface area contributed by atoms with Crippen LogP contribution in [0.1, 0.15) is 20.8 Å². The van der Waals surface area contributed by atoms with Crippen molar-refractivity contribution >= 4 is 11.6 Å². The van der Waals surface area contributed by atoms with Gasteiger partial charge in [0.15, 0.2) is 0 Å². The van der Waals surface area contributed by atoms with Crippen LogP contribution in [-0.2, 0) is 4.79 Å². The Labute approximate surface area is 94.8 Å². The molecule has 88 valence electrons. The molecule has 0 aliphatic carbocycles. The highest BCUT2D eigenvalue weighted by molar-refractivity contribution is 5.95. The van der Waals surface area contributed by atoms with Gasteiger partial charge in [0.2, 0.25) is 5.91 Å². The van der Waals surface area contributed by atoms with Gasteiger partial charge in [0.05, 0.1) is 11.7 Å². The average molecular weight is 224 g/mol. The Morgan fingerprint density at radius 2 is 1.94 bits per heavy atom. The molecular weight excluding hydrogens is 207 g/mol. The number of nitrogens with two attached hydrogens (primary N) is 1. The van der Waals surface area contributed by atoms with E-state index in [0.29, 0.717) is 0 Å². The minimum absolute atomic E-state index is 0.159. The fraction of sp³-hybridized carbons (Fsp3) is 0.417. The van der Waals surface area contributed by atoms with Gasteiger partial charge >= 0.3 is 0 Å². The first-order valence-electron chi connectivity index (χ1n) is 5.13. The number of rotatable bonds is 2. The summed E-state index contributed by atoms with van der Waals surface area (Å²) in [7, 11) is 0. The van der Waals surface area contributed by atoms with Gasteiger partial charge in [-0.2, -0.15) is 0 Å². The predicted octanol–water partition coefficient (Wildman–Crippen LogP) is 2.14. The van der Waals surface area contributed by atoms with Crippen LogP contribution in [-0.4, -0.2) is 11.9 Å². The molecule has 0 aliphatic heterocycles. The molecule has 0 heterocycles. The van der Waals surface area contributed by atoms with Crippen molar-refractivity contribution in [2.24, 2.45) is 11.1 Å². The highest BCUT2D eigenvalue weighted by Crippen LogP contribution is 2.19. The number of carbonyl (C=O) groups is 1. The van der Waals surface area contributed by atoms with E-state index in [4.69, 9.17) is 5.73 Å². The molecule has 0 saturated carbocycles. The van der Waals surface area contributed by atoms with E-state index in [2.05, 4.69) is 5.32 Å². The molecule has 1 atom stereocenters. The Balaban J connectivity index is 2.76. The van der Waals surface area contributed by atoms with Gasteiger partial charge in [-0.1, -0.05) is 32.9 Å². The van der Waals surface area contributed by atoms with E-state index in [0.717, 1.165) is 0 Å². The summed E-state index contributed by atoms with van der Waals surface area (Å²) in [5, 5.41) is 2.48. The Bertz CT molecular complexity index is 385. The number of hydrogen-bond donors (Lipinski definition) is 2. The fourth-order valence-electron chi connectivity index (χ4n) is 1.17. The van der Waals surface area contributed by atoms with Gasteiger partial charge in [0.1, 0.15) is 5.82 Å². The molecule has 3 nitrogen and oxygen atoms in total. The summed E-state index contributed by atoms with van der Waals surface area (Å²) in [6.45, 7) is 5.58. The van der Waals surface area contributed by atoms with Gasteiger partial charge in [-0.25, -0.2) is 4.39 Å². The summed E-state index contributed by atoms with van der Waals surface area (Å²) in [4.78, 5) is 11.7. The number of hydrogen-bond acceptors (Lipinski definition) is 2. The zero-order chi connectivity index (χ0) is 12.3. The maximum Gasteiger partial charge on any atom is 0.241 e. The van der Waals surface area contributed by atoms with E-state index < -0.39 is 11.9 Å². The van der Waals surface area contributed by atoms with Gasteiger partial charge < -0.3 is 11.1 Å². The number of benzene rings is 1. The smallest absolute Gasteiger partial charge is 0.241 e. The molecule has 0 unspecified atom stereocenters. The van der Waals surface area contributed by atoms with Crippen molar-refractivity contribution in [2.45, 2.75) is 26.8 Å².